The number of benzene rings is 1. The fraction of sp³-hybridized carbons (Fsp3) is 0.545. The van der Waals surface area contributed by atoms with Gasteiger partial charge in [-0.15, -0.1) is 0 Å². The molecule has 1 fully saturated rings. The van der Waals surface area contributed by atoms with E-state index in [0.717, 1.165) is 37.4 Å². The van der Waals surface area contributed by atoms with E-state index in [0.29, 0.717) is 30.2 Å². The number of aryl methyl sites for hydroxylation is 2. The van der Waals surface area contributed by atoms with Crippen molar-refractivity contribution in [2.75, 3.05) is 56.5 Å². The van der Waals surface area contributed by atoms with Gasteiger partial charge in [0.1, 0.15) is 5.76 Å². The minimum atomic E-state index is -3.65. The molecule has 0 aliphatic carbocycles. The van der Waals surface area contributed by atoms with E-state index >= 15 is 0 Å². The van der Waals surface area contributed by atoms with Crippen LogP contribution in [0.25, 0.3) is 0 Å². The van der Waals surface area contributed by atoms with E-state index in [1.54, 1.807) is 32.0 Å². The standard InChI is InChI=1S/C22H33N5O4S/c1-6-27(7-2)32(29,30)18-8-9-21(26-12-10-25(5)11-13-26)20(14-18)23-22(28)15-19-16(3)24-31-17(19)4/h8-9,14H,6-7,10-13,15H2,1-5H3,(H,23,28). The zero-order valence-electron chi connectivity index (χ0n) is 19.5. The molecular formula is C22H33N5O4S. The van der Waals surface area contributed by atoms with Gasteiger partial charge in [0.2, 0.25) is 15.9 Å². The van der Waals surface area contributed by atoms with Crippen LogP contribution in [0, 0.1) is 13.8 Å². The number of nitrogens with zero attached hydrogens (tertiary/aromatic N) is 4. The number of amides is 1. The lowest BCUT2D eigenvalue weighted by atomic mass is 10.1. The molecule has 1 saturated heterocycles. The van der Waals surface area contributed by atoms with Crippen molar-refractivity contribution in [2.24, 2.45) is 0 Å². The van der Waals surface area contributed by atoms with Gasteiger partial charge in [0.15, 0.2) is 0 Å². The minimum Gasteiger partial charge on any atom is -0.367 e. The van der Waals surface area contributed by atoms with Gasteiger partial charge in [0, 0.05) is 44.8 Å². The first-order valence-electron chi connectivity index (χ1n) is 11.0. The smallest absolute Gasteiger partial charge is 0.243 e. The number of piperazine rings is 1. The molecule has 10 heteroatoms. The average Bonchev–Trinajstić information content (AvgIpc) is 3.07. The molecule has 32 heavy (non-hydrogen) atoms. The van der Waals surface area contributed by atoms with E-state index < -0.39 is 10.0 Å². The van der Waals surface area contributed by atoms with Crippen LogP contribution in [0.4, 0.5) is 11.4 Å². The van der Waals surface area contributed by atoms with Gasteiger partial charge in [0.25, 0.3) is 0 Å². The molecule has 0 unspecified atom stereocenters. The Balaban J connectivity index is 1.95. The SMILES string of the molecule is CCN(CC)S(=O)(=O)c1ccc(N2CCN(C)CC2)c(NC(=O)Cc2c(C)noc2C)c1. The number of anilines is 2. The quantitative estimate of drug-likeness (QED) is 0.641. The van der Waals surface area contributed by atoms with Gasteiger partial charge < -0.3 is 19.6 Å². The summed E-state index contributed by atoms with van der Waals surface area (Å²) in [6, 6.07) is 5.00. The van der Waals surface area contributed by atoms with Crippen molar-refractivity contribution in [1.29, 1.82) is 0 Å². The molecule has 1 aliphatic heterocycles. The second kappa shape index (κ2) is 10.0. The van der Waals surface area contributed by atoms with Gasteiger partial charge in [-0.25, -0.2) is 8.42 Å². The topological polar surface area (TPSA) is 99.0 Å². The van der Waals surface area contributed by atoms with E-state index in [1.165, 1.54) is 4.31 Å². The largest absolute Gasteiger partial charge is 0.367 e. The van der Waals surface area contributed by atoms with Crippen molar-refractivity contribution in [3.05, 3.63) is 35.2 Å². The Morgan fingerprint density at radius 1 is 1.16 bits per heavy atom. The van der Waals surface area contributed by atoms with Gasteiger partial charge in [0.05, 0.1) is 28.4 Å². The molecule has 1 N–H and O–H groups in total. The van der Waals surface area contributed by atoms with Crippen LogP contribution in [0.15, 0.2) is 27.6 Å². The highest BCUT2D eigenvalue weighted by Crippen LogP contribution is 2.31. The zero-order valence-corrected chi connectivity index (χ0v) is 20.3. The van der Waals surface area contributed by atoms with Crippen LogP contribution in [0.5, 0.6) is 0 Å². The van der Waals surface area contributed by atoms with Crippen molar-refractivity contribution in [1.82, 2.24) is 14.4 Å². The molecule has 3 rings (SSSR count). The van der Waals surface area contributed by atoms with Crippen molar-refractivity contribution in [3.63, 3.8) is 0 Å². The number of sulfonamides is 1. The molecule has 9 nitrogen and oxygen atoms in total. The number of likely N-dealkylation sites (N-methyl/N-ethyl adjacent to an activating group) is 1. The Hall–Kier alpha value is -2.43. The summed E-state index contributed by atoms with van der Waals surface area (Å²) in [5.41, 5.74) is 2.74. The Labute approximate surface area is 190 Å². The van der Waals surface area contributed by atoms with Crippen LogP contribution in [0.2, 0.25) is 0 Å². The predicted octanol–water partition coefficient (Wildman–Crippen LogP) is 2.25. The predicted molar refractivity (Wildman–Crippen MR) is 125 cm³/mol. The van der Waals surface area contributed by atoms with E-state index in [4.69, 9.17) is 4.52 Å². The number of carbonyl (C=O) groups is 1. The molecule has 1 amide bonds. The number of nitrogens with one attached hydrogen (secondary N) is 1. The molecule has 1 aromatic carbocycles. The number of carbonyl (C=O) groups excluding carboxylic acids is 1. The van der Waals surface area contributed by atoms with Gasteiger partial charge in [-0.3, -0.25) is 4.79 Å². The summed E-state index contributed by atoms with van der Waals surface area (Å²) in [5, 5.41) is 6.86. The monoisotopic (exact) mass is 463 g/mol. The average molecular weight is 464 g/mol. The number of hydrogen-bond donors (Lipinski definition) is 1. The molecule has 0 radical (unpaired) electrons. The van der Waals surface area contributed by atoms with Crippen LogP contribution in [0.1, 0.15) is 30.9 Å². The van der Waals surface area contributed by atoms with E-state index in [-0.39, 0.29) is 17.2 Å². The van der Waals surface area contributed by atoms with Crippen LogP contribution in [0.3, 0.4) is 0 Å². The summed E-state index contributed by atoms with van der Waals surface area (Å²) >= 11 is 0. The lowest BCUT2D eigenvalue weighted by molar-refractivity contribution is -0.115. The maximum atomic E-state index is 13.1. The number of aromatic nitrogens is 1. The maximum Gasteiger partial charge on any atom is 0.243 e. The van der Waals surface area contributed by atoms with Gasteiger partial charge >= 0.3 is 0 Å². The second-order valence-electron chi connectivity index (χ2n) is 8.09. The summed E-state index contributed by atoms with van der Waals surface area (Å²) in [5.74, 6) is 0.363. The normalized spacial score (nSPS) is 15.4. The lowest BCUT2D eigenvalue weighted by Crippen LogP contribution is -2.44. The van der Waals surface area contributed by atoms with Crippen molar-refractivity contribution in [2.45, 2.75) is 39.0 Å². The highest BCUT2D eigenvalue weighted by atomic mass is 32.2. The summed E-state index contributed by atoms with van der Waals surface area (Å²) in [6.45, 7) is 11.3. The second-order valence-corrected chi connectivity index (χ2v) is 10.0. The fourth-order valence-electron chi connectivity index (χ4n) is 3.92. The summed E-state index contributed by atoms with van der Waals surface area (Å²) < 4.78 is 32.7. The van der Waals surface area contributed by atoms with E-state index in [2.05, 4.69) is 27.3 Å². The first-order valence-corrected chi connectivity index (χ1v) is 12.4. The highest BCUT2D eigenvalue weighted by Gasteiger charge is 2.25. The Morgan fingerprint density at radius 3 is 2.38 bits per heavy atom. The van der Waals surface area contributed by atoms with Crippen LogP contribution in [-0.2, 0) is 21.2 Å². The molecule has 176 valence electrons. The van der Waals surface area contributed by atoms with Gasteiger partial charge in [-0.1, -0.05) is 19.0 Å². The number of hydrogen-bond acceptors (Lipinski definition) is 7. The first kappa shape index (κ1) is 24.2. The van der Waals surface area contributed by atoms with Crippen LogP contribution < -0.4 is 10.2 Å². The molecule has 0 atom stereocenters. The van der Waals surface area contributed by atoms with Crippen molar-refractivity contribution < 1.29 is 17.7 Å². The molecule has 1 aliphatic rings. The highest BCUT2D eigenvalue weighted by molar-refractivity contribution is 7.89. The van der Waals surface area contributed by atoms with Gasteiger partial charge in [-0.05, 0) is 39.1 Å². The summed E-state index contributed by atoms with van der Waals surface area (Å²) in [7, 11) is -1.58. The van der Waals surface area contributed by atoms with Crippen molar-refractivity contribution >= 4 is 27.3 Å². The van der Waals surface area contributed by atoms with Gasteiger partial charge in [-0.2, -0.15) is 4.31 Å². The summed E-state index contributed by atoms with van der Waals surface area (Å²) in [6.07, 6.45) is 0.108. The summed E-state index contributed by atoms with van der Waals surface area (Å²) in [4.78, 5) is 17.5. The minimum absolute atomic E-state index is 0.108. The molecule has 0 bridgehead atoms. The third kappa shape index (κ3) is 5.13. The molecule has 2 heterocycles. The first-order chi connectivity index (χ1) is 15.2. The molecule has 0 spiro atoms. The van der Waals surface area contributed by atoms with Crippen LogP contribution in [-0.4, -0.2) is 75.0 Å². The lowest BCUT2D eigenvalue weighted by Gasteiger charge is -2.35. The maximum absolute atomic E-state index is 13.1. The Bertz CT molecular complexity index is 1030. The number of rotatable bonds is 8. The third-order valence-corrected chi connectivity index (χ3v) is 7.99. The molecule has 1 aromatic heterocycles. The van der Waals surface area contributed by atoms with Crippen LogP contribution >= 0.6 is 0 Å². The molecular weight excluding hydrogens is 430 g/mol. The Morgan fingerprint density at radius 2 is 1.81 bits per heavy atom. The van der Waals surface area contributed by atoms with Crippen molar-refractivity contribution in [3.8, 4) is 0 Å². The molecule has 0 saturated carbocycles. The van der Waals surface area contributed by atoms with E-state index in [9.17, 15) is 13.2 Å². The van der Waals surface area contributed by atoms with E-state index in [1.807, 2.05) is 13.8 Å². The third-order valence-electron chi connectivity index (χ3n) is 5.95. The zero-order chi connectivity index (χ0) is 23.5. The molecule has 2 aromatic rings. The fourth-order valence-corrected chi connectivity index (χ4v) is 5.41. The Kier molecular flexibility index (Phi) is 7.58.